The van der Waals surface area contributed by atoms with Gasteiger partial charge in [0.2, 0.25) is 0 Å². The zero-order valence-electron chi connectivity index (χ0n) is 16.4. The maximum Gasteiger partial charge on any atom is 0.253 e. The van der Waals surface area contributed by atoms with E-state index in [-0.39, 0.29) is 5.91 Å². The van der Waals surface area contributed by atoms with Crippen molar-refractivity contribution < 1.29 is 4.79 Å². The Bertz CT molecular complexity index is 755. The number of unbranched alkanes of at least 4 members (excludes halogenated alkanes) is 1. The van der Waals surface area contributed by atoms with Gasteiger partial charge in [-0.25, -0.2) is 9.97 Å². The van der Waals surface area contributed by atoms with Gasteiger partial charge >= 0.3 is 0 Å². The molecular formula is C22H30N4O. The van der Waals surface area contributed by atoms with Crippen molar-refractivity contribution in [2.75, 3.05) is 18.9 Å². The molecule has 5 heteroatoms. The van der Waals surface area contributed by atoms with E-state index in [0.29, 0.717) is 11.6 Å². The van der Waals surface area contributed by atoms with Crippen LogP contribution in [0.3, 0.4) is 0 Å². The molecule has 1 heterocycles. The summed E-state index contributed by atoms with van der Waals surface area (Å²) in [7, 11) is 1.86. The highest BCUT2D eigenvalue weighted by Crippen LogP contribution is 2.24. The highest BCUT2D eigenvalue weighted by atomic mass is 16.2. The molecule has 0 atom stereocenters. The van der Waals surface area contributed by atoms with Crippen molar-refractivity contribution >= 4 is 11.7 Å². The maximum atomic E-state index is 12.6. The molecule has 1 aromatic carbocycles. The molecule has 5 nitrogen and oxygen atoms in total. The van der Waals surface area contributed by atoms with E-state index >= 15 is 0 Å². The van der Waals surface area contributed by atoms with Gasteiger partial charge in [0.15, 0.2) is 0 Å². The van der Waals surface area contributed by atoms with E-state index in [4.69, 9.17) is 0 Å². The smallest absolute Gasteiger partial charge is 0.253 e. The SMILES string of the molecule is CCCCN(C)C(=O)c1cccc(-c2cc(NC3CCCCC3)ncn2)c1. The molecule has 0 aliphatic heterocycles. The van der Waals surface area contributed by atoms with Crippen LogP contribution in [0.15, 0.2) is 36.7 Å². The molecule has 1 aliphatic carbocycles. The predicted octanol–water partition coefficient (Wildman–Crippen LogP) is 4.76. The van der Waals surface area contributed by atoms with Crippen LogP contribution >= 0.6 is 0 Å². The van der Waals surface area contributed by atoms with Crippen LogP contribution in [0.2, 0.25) is 0 Å². The lowest BCUT2D eigenvalue weighted by atomic mass is 9.95. The lowest BCUT2D eigenvalue weighted by molar-refractivity contribution is 0.0793. The number of aromatic nitrogens is 2. The van der Waals surface area contributed by atoms with Crippen molar-refractivity contribution in [2.24, 2.45) is 0 Å². The molecule has 0 saturated heterocycles. The van der Waals surface area contributed by atoms with Gasteiger partial charge in [-0.2, -0.15) is 0 Å². The summed E-state index contributed by atoms with van der Waals surface area (Å²) in [5.41, 5.74) is 2.49. The first-order chi connectivity index (χ1) is 13.2. The van der Waals surface area contributed by atoms with Crippen molar-refractivity contribution in [3.63, 3.8) is 0 Å². The van der Waals surface area contributed by atoms with E-state index in [9.17, 15) is 4.79 Å². The van der Waals surface area contributed by atoms with Gasteiger partial charge in [-0.1, -0.05) is 44.7 Å². The fraction of sp³-hybridized carbons (Fsp3) is 0.500. The third-order valence-corrected chi connectivity index (χ3v) is 5.22. The van der Waals surface area contributed by atoms with Gasteiger partial charge in [0, 0.05) is 36.8 Å². The normalized spacial score (nSPS) is 14.7. The number of nitrogens with zero attached hydrogens (tertiary/aromatic N) is 3. The summed E-state index contributed by atoms with van der Waals surface area (Å²) >= 11 is 0. The third-order valence-electron chi connectivity index (χ3n) is 5.22. The fourth-order valence-corrected chi connectivity index (χ4v) is 3.58. The molecule has 3 rings (SSSR count). The molecule has 1 aromatic heterocycles. The molecule has 1 amide bonds. The molecule has 1 aliphatic rings. The highest BCUT2D eigenvalue weighted by molar-refractivity contribution is 5.95. The van der Waals surface area contributed by atoms with Crippen molar-refractivity contribution in [3.8, 4) is 11.3 Å². The molecule has 27 heavy (non-hydrogen) atoms. The largest absolute Gasteiger partial charge is 0.367 e. The Labute approximate surface area is 162 Å². The third kappa shape index (κ3) is 5.28. The van der Waals surface area contributed by atoms with Gasteiger partial charge in [-0.05, 0) is 31.4 Å². The van der Waals surface area contributed by atoms with Crippen LogP contribution in [0.4, 0.5) is 5.82 Å². The van der Waals surface area contributed by atoms with E-state index in [1.165, 1.54) is 32.1 Å². The Morgan fingerprint density at radius 2 is 2.00 bits per heavy atom. The molecule has 1 saturated carbocycles. The van der Waals surface area contributed by atoms with Crippen LogP contribution in [0.1, 0.15) is 62.2 Å². The van der Waals surface area contributed by atoms with Gasteiger partial charge in [-0.15, -0.1) is 0 Å². The number of hydrogen-bond acceptors (Lipinski definition) is 4. The Morgan fingerprint density at radius 1 is 1.19 bits per heavy atom. The molecular weight excluding hydrogens is 336 g/mol. The lowest BCUT2D eigenvalue weighted by Crippen LogP contribution is -2.27. The number of amides is 1. The summed E-state index contributed by atoms with van der Waals surface area (Å²) in [5, 5.41) is 3.54. The minimum atomic E-state index is 0.0555. The van der Waals surface area contributed by atoms with Gasteiger partial charge < -0.3 is 10.2 Å². The van der Waals surface area contributed by atoms with Crippen LogP contribution in [0.25, 0.3) is 11.3 Å². The van der Waals surface area contributed by atoms with E-state index in [1.54, 1.807) is 11.2 Å². The summed E-state index contributed by atoms with van der Waals surface area (Å²) in [6.45, 7) is 2.91. The number of anilines is 1. The second-order valence-electron chi connectivity index (χ2n) is 7.43. The number of carbonyl (C=O) groups excluding carboxylic acids is 1. The van der Waals surface area contributed by atoms with Gasteiger partial charge in [0.05, 0.1) is 5.69 Å². The minimum absolute atomic E-state index is 0.0555. The Balaban J connectivity index is 1.74. The van der Waals surface area contributed by atoms with E-state index in [1.807, 2.05) is 37.4 Å². The minimum Gasteiger partial charge on any atom is -0.367 e. The molecule has 0 unspecified atom stereocenters. The summed E-state index contributed by atoms with van der Waals surface area (Å²) in [6.07, 6.45) is 10.00. The summed E-state index contributed by atoms with van der Waals surface area (Å²) in [5.74, 6) is 0.920. The quantitative estimate of drug-likeness (QED) is 0.767. The van der Waals surface area contributed by atoms with Crippen LogP contribution < -0.4 is 5.32 Å². The number of hydrogen-bond donors (Lipinski definition) is 1. The monoisotopic (exact) mass is 366 g/mol. The van der Waals surface area contributed by atoms with E-state index < -0.39 is 0 Å². The van der Waals surface area contributed by atoms with Crippen LogP contribution in [0.5, 0.6) is 0 Å². The van der Waals surface area contributed by atoms with Gasteiger partial charge in [0.25, 0.3) is 5.91 Å². The van der Waals surface area contributed by atoms with Crippen molar-refractivity contribution in [1.82, 2.24) is 14.9 Å². The second kappa shape index (κ2) is 9.49. The van der Waals surface area contributed by atoms with Gasteiger partial charge in [0.1, 0.15) is 12.1 Å². The number of benzene rings is 1. The topological polar surface area (TPSA) is 58.1 Å². The molecule has 0 radical (unpaired) electrons. The van der Waals surface area contributed by atoms with Crippen LogP contribution in [0, 0.1) is 0 Å². The van der Waals surface area contributed by atoms with Crippen LogP contribution in [-0.4, -0.2) is 40.4 Å². The number of nitrogens with one attached hydrogen (secondary N) is 1. The van der Waals surface area contributed by atoms with Crippen LogP contribution in [-0.2, 0) is 0 Å². The molecule has 1 N–H and O–H groups in total. The molecule has 0 bridgehead atoms. The maximum absolute atomic E-state index is 12.6. The van der Waals surface area contributed by atoms with Crippen molar-refractivity contribution in [3.05, 3.63) is 42.2 Å². The average Bonchev–Trinajstić information content (AvgIpc) is 2.72. The van der Waals surface area contributed by atoms with Crippen molar-refractivity contribution in [2.45, 2.75) is 57.9 Å². The summed E-state index contributed by atoms with van der Waals surface area (Å²) < 4.78 is 0. The molecule has 2 aromatic rings. The molecule has 144 valence electrons. The first-order valence-corrected chi connectivity index (χ1v) is 10.1. The molecule has 1 fully saturated rings. The zero-order chi connectivity index (χ0) is 19.1. The predicted molar refractivity (Wildman–Crippen MR) is 110 cm³/mol. The lowest BCUT2D eigenvalue weighted by Gasteiger charge is -2.23. The molecule has 0 spiro atoms. The van der Waals surface area contributed by atoms with Crippen molar-refractivity contribution in [1.29, 1.82) is 0 Å². The standard InChI is InChI=1S/C22H30N4O/c1-3-4-13-26(2)22(27)18-10-8-9-17(14-18)20-15-21(24-16-23-20)25-19-11-6-5-7-12-19/h8-10,14-16,19H,3-7,11-13H2,1-2H3,(H,23,24,25). The Hall–Kier alpha value is -2.43. The highest BCUT2D eigenvalue weighted by Gasteiger charge is 2.15. The van der Waals surface area contributed by atoms with E-state index in [2.05, 4.69) is 22.2 Å². The summed E-state index contributed by atoms with van der Waals surface area (Å²) in [4.78, 5) is 23.2. The summed E-state index contributed by atoms with van der Waals surface area (Å²) in [6, 6.07) is 10.2. The number of rotatable bonds is 7. The fourth-order valence-electron chi connectivity index (χ4n) is 3.58. The average molecular weight is 367 g/mol. The Kier molecular flexibility index (Phi) is 6.80. The second-order valence-corrected chi connectivity index (χ2v) is 7.43. The zero-order valence-corrected chi connectivity index (χ0v) is 16.4. The first-order valence-electron chi connectivity index (χ1n) is 10.1. The first kappa shape index (κ1) is 19.3. The van der Waals surface area contributed by atoms with Gasteiger partial charge in [-0.3, -0.25) is 4.79 Å². The number of carbonyl (C=O) groups is 1. The Morgan fingerprint density at radius 3 is 2.78 bits per heavy atom. The van der Waals surface area contributed by atoms with E-state index in [0.717, 1.165) is 36.5 Å².